The number of primary amides is 1. The number of rotatable bonds is 3. The Labute approximate surface area is 128 Å². The minimum Gasteiger partial charge on any atom is -0.459 e. The number of ether oxygens (including phenoxy) is 1. The van der Waals surface area contributed by atoms with Crippen LogP contribution in [0, 0.1) is 0 Å². The largest absolute Gasteiger partial charge is 0.459 e. The molecule has 0 fully saturated rings. The topological polar surface area (TPSA) is 108 Å². The Morgan fingerprint density at radius 2 is 1.95 bits per heavy atom. The van der Waals surface area contributed by atoms with E-state index in [9.17, 15) is 9.59 Å². The number of amides is 1. The fourth-order valence-corrected chi connectivity index (χ4v) is 1.96. The van der Waals surface area contributed by atoms with Crippen LogP contribution in [0.3, 0.4) is 0 Å². The number of nitrogens with two attached hydrogens (primary N) is 2. The quantitative estimate of drug-likeness (QED) is 0.606. The lowest BCUT2D eigenvalue weighted by Gasteiger charge is -2.19. The second-order valence-electron chi connectivity index (χ2n) is 5.64. The Morgan fingerprint density at radius 3 is 2.48 bits per heavy atom. The number of esters is 1. The van der Waals surface area contributed by atoms with E-state index in [0.29, 0.717) is 29.2 Å². The third kappa shape index (κ3) is 5.59. The minimum absolute atomic E-state index is 0.0571. The van der Waals surface area contributed by atoms with Gasteiger partial charge < -0.3 is 16.2 Å². The summed E-state index contributed by atoms with van der Waals surface area (Å²) in [6, 6.07) is 0. The molecule has 0 unspecified atom stereocenters. The standard InChI is InChI=1S/C14H20ClN3O3/c1-14(2,3)21-11(19)7-18-10-6-8(15)4-5-9(10)12(16)13(17)20/h6H,4-5,7,16H2,1-3H3,(H2,17,20). The minimum atomic E-state index is -0.721. The molecule has 0 aromatic heterocycles. The fraction of sp³-hybridized carbons (Fsp3) is 0.500. The van der Waals surface area contributed by atoms with Gasteiger partial charge in [-0.05, 0) is 39.7 Å². The third-order valence-corrected chi connectivity index (χ3v) is 2.90. The van der Waals surface area contributed by atoms with Crippen molar-refractivity contribution in [1.82, 2.24) is 0 Å². The Bertz CT molecular complexity index is 542. The van der Waals surface area contributed by atoms with Gasteiger partial charge in [0.15, 0.2) is 0 Å². The molecule has 0 aromatic carbocycles. The maximum atomic E-state index is 11.7. The van der Waals surface area contributed by atoms with Crippen LogP contribution >= 0.6 is 11.6 Å². The van der Waals surface area contributed by atoms with Crippen LogP contribution in [0.5, 0.6) is 0 Å². The molecule has 6 nitrogen and oxygen atoms in total. The van der Waals surface area contributed by atoms with E-state index >= 15 is 0 Å². The second kappa shape index (κ2) is 6.76. The first-order valence-corrected chi connectivity index (χ1v) is 6.89. The molecule has 0 bridgehead atoms. The highest BCUT2D eigenvalue weighted by Crippen LogP contribution is 2.25. The highest BCUT2D eigenvalue weighted by atomic mass is 35.5. The Balaban J connectivity index is 2.97. The monoisotopic (exact) mass is 313 g/mol. The van der Waals surface area contributed by atoms with E-state index < -0.39 is 17.5 Å². The number of nitrogens with zero attached hydrogens (tertiary/aromatic N) is 1. The van der Waals surface area contributed by atoms with Crippen LogP contribution < -0.4 is 11.5 Å². The predicted molar refractivity (Wildman–Crippen MR) is 81.7 cm³/mol. The Hall–Kier alpha value is -1.82. The van der Waals surface area contributed by atoms with Crippen molar-refractivity contribution in [2.75, 3.05) is 6.54 Å². The zero-order valence-corrected chi connectivity index (χ0v) is 13.2. The molecule has 0 aliphatic heterocycles. The van der Waals surface area contributed by atoms with Gasteiger partial charge in [0.25, 0.3) is 5.91 Å². The average Bonchev–Trinajstić information content (AvgIpc) is 2.33. The van der Waals surface area contributed by atoms with Crippen molar-refractivity contribution in [2.24, 2.45) is 16.5 Å². The summed E-state index contributed by atoms with van der Waals surface area (Å²) in [5.41, 5.74) is 11.1. The van der Waals surface area contributed by atoms with E-state index in [1.54, 1.807) is 26.8 Å². The van der Waals surface area contributed by atoms with Crippen LogP contribution in [0.15, 0.2) is 27.4 Å². The first-order chi connectivity index (χ1) is 9.60. The van der Waals surface area contributed by atoms with Gasteiger partial charge >= 0.3 is 5.97 Å². The van der Waals surface area contributed by atoms with Gasteiger partial charge in [0.1, 0.15) is 17.8 Å². The molecular formula is C14H20ClN3O3. The number of aliphatic imine (C=N–C) groups is 1. The van der Waals surface area contributed by atoms with Crippen LogP contribution in [0.25, 0.3) is 0 Å². The molecular weight excluding hydrogens is 294 g/mol. The van der Waals surface area contributed by atoms with E-state index in [1.807, 2.05) is 0 Å². The normalized spacial score (nSPS) is 20.0. The molecule has 0 radical (unpaired) electrons. The van der Waals surface area contributed by atoms with E-state index in [4.69, 9.17) is 27.8 Å². The summed E-state index contributed by atoms with van der Waals surface area (Å²) in [5.74, 6) is -1.19. The summed E-state index contributed by atoms with van der Waals surface area (Å²) in [6.07, 6.45) is 2.59. The van der Waals surface area contributed by atoms with E-state index in [1.165, 1.54) is 0 Å². The summed E-state index contributed by atoms with van der Waals surface area (Å²) in [4.78, 5) is 27.0. The number of halogens is 1. The molecule has 116 valence electrons. The van der Waals surface area contributed by atoms with Gasteiger partial charge in [-0.2, -0.15) is 0 Å². The van der Waals surface area contributed by atoms with Crippen molar-refractivity contribution < 1.29 is 14.3 Å². The SMILES string of the molecule is CC(C)(C)OC(=O)CN=C1C=C(Cl)CCC1=C(N)C(N)=O. The summed E-state index contributed by atoms with van der Waals surface area (Å²) >= 11 is 5.97. The summed E-state index contributed by atoms with van der Waals surface area (Å²) < 4.78 is 5.16. The van der Waals surface area contributed by atoms with Gasteiger partial charge in [0, 0.05) is 10.6 Å². The second-order valence-corrected chi connectivity index (χ2v) is 6.12. The van der Waals surface area contributed by atoms with Crippen molar-refractivity contribution in [3.63, 3.8) is 0 Å². The van der Waals surface area contributed by atoms with Gasteiger partial charge in [-0.15, -0.1) is 0 Å². The molecule has 0 spiro atoms. The smallest absolute Gasteiger partial charge is 0.328 e. The fourth-order valence-electron chi connectivity index (χ4n) is 1.77. The van der Waals surface area contributed by atoms with Gasteiger partial charge in [-0.3, -0.25) is 14.6 Å². The summed E-state index contributed by atoms with van der Waals surface area (Å²) in [5, 5.41) is 0.582. The first-order valence-electron chi connectivity index (χ1n) is 6.51. The zero-order chi connectivity index (χ0) is 16.2. The Morgan fingerprint density at radius 1 is 1.33 bits per heavy atom. The lowest BCUT2D eigenvalue weighted by Crippen LogP contribution is -2.27. The molecule has 1 rings (SSSR count). The highest BCUT2D eigenvalue weighted by Gasteiger charge is 2.20. The highest BCUT2D eigenvalue weighted by molar-refractivity contribution is 6.33. The van der Waals surface area contributed by atoms with Crippen molar-refractivity contribution in [1.29, 1.82) is 0 Å². The molecule has 0 aromatic rings. The Kier molecular flexibility index (Phi) is 5.54. The van der Waals surface area contributed by atoms with Crippen molar-refractivity contribution in [3.05, 3.63) is 22.4 Å². The van der Waals surface area contributed by atoms with Crippen LogP contribution in [0.1, 0.15) is 33.6 Å². The first kappa shape index (κ1) is 17.2. The van der Waals surface area contributed by atoms with E-state index in [2.05, 4.69) is 4.99 Å². The maximum Gasteiger partial charge on any atom is 0.328 e. The van der Waals surface area contributed by atoms with Gasteiger partial charge in [0.2, 0.25) is 0 Å². The number of hydrogen-bond donors (Lipinski definition) is 2. The summed E-state index contributed by atoms with van der Waals surface area (Å²) in [7, 11) is 0. The molecule has 7 heteroatoms. The molecule has 0 saturated carbocycles. The van der Waals surface area contributed by atoms with Crippen LogP contribution in [-0.4, -0.2) is 29.7 Å². The molecule has 4 N–H and O–H groups in total. The lowest BCUT2D eigenvalue weighted by molar-refractivity contribution is -0.152. The van der Waals surface area contributed by atoms with E-state index in [0.717, 1.165) is 0 Å². The summed E-state index contributed by atoms with van der Waals surface area (Å²) in [6.45, 7) is 5.13. The third-order valence-electron chi connectivity index (χ3n) is 2.61. The number of hydrogen-bond acceptors (Lipinski definition) is 5. The molecule has 0 saturated heterocycles. The van der Waals surface area contributed by atoms with Crippen molar-refractivity contribution in [2.45, 2.75) is 39.2 Å². The van der Waals surface area contributed by atoms with Gasteiger partial charge in [0.05, 0.1) is 5.71 Å². The van der Waals surface area contributed by atoms with Crippen LogP contribution in [-0.2, 0) is 14.3 Å². The van der Waals surface area contributed by atoms with Gasteiger partial charge in [-0.1, -0.05) is 11.6 Å². The van der Waals surface area contributed by atoms with Gasteiger partial charge in [-0.25, -0.2) is 0 Å². The van der Waals surface area contributed by atoms with Crippen molar-refractivity contribution >= 4 is 29.2 Å². The van der Waals surface area contributed by atoms with E-state index in [-0.39, 0.29) is 12.2 Å². The number of carbonyl (C=O) groups excluding carboxylic acids is 2. The zero-order valence-electron chi connectivity index (χ0n) is 12.4. The molecule has 0 heterocycles. The number of allylic oxidation sites excluding steroid dienone is 3. The lowest BCUT2D eigenvalue weighted by atomic mass is 9.96. The van der Waals surface area contributed by atoms with Crippen LogP contribution in [0.2, 0.25) is 0 Å². The predicted octanol–water partition coefficient (Wildman–Crippen LogP) is 1.38. The molecule has 21 heavy (non-hydrogen) atoms. The molecule has 1 amide bonds. The average molecular weight is 314 g/mol. The molecule has 0 atom stereocenters. The molecule has 1 aliphatic rings. The van der Waals surface area contributed by atoms with Crippen molar-refractivity contribution in [3.8, 4) is 0 Å². The maximum absolute atomic E-state index is 11.7. The number of carbonyl (C=O) groups is 2. The molecule has 1 aliphatic carbocycles. The van der Waals surface area contributed by atoms with Crippen LogP contribution in [0.4, 0.5) is 0 Å².